The van der Waals surface area contributed by atoms with Crippen LogP contribution < -0.4 is 9.47 Å². The Labute approximate surface area is 198 Å². The largest absolute Gasteiger partial charge is 0.494 e. The summed E-state index contributed by atoms with van der Waals surface area (Å²) in [6, 6.07) is 22.2. The number of unbranched alkanes of at least 4 members (excludes halogenated alkanes) is 4. The number of para-hydroxylation sites is 1. The Hall–Kier alpha value is -2.92. The van der Waals surface area contributed by atoms with Crippen LogP contribution in [0.5, 0.6) is 11.5 Å². The molecular weight excluding hydrogens is 466 g/mol. The zero-order chi connectivity index (χ0) is 22.6. The Morgan fingerprint density at radius 3 is 2.34 bits per heavy atom. The van der Waals surface area contributed by atoms with Crippen LogP contribution in [0.15, 0.2) is 82.3 Å². The standard InChI is InChI=1S/C27H28BrNO3/c1-2-3-4-5-8-19-31-24-17-11-21(12-18-24)20-29-23-15-13-22(14-16-23)27(30)32-26-10-7-6-9-25(26)28/h6-7,9-18,20H,2-5,8,19H2,1H3. The predicted molar refractivity (Wildman–Crippen MR) is 133 cm³/mol. The predicted octanol–water partition coefficient (Wildman–Crippen LogP) is 7.77. The third-order valence-corrected chi connectivity index (χ3v) is 5.56. The van der Waals surface area contributed by atoms with Gasteiger partial charge in [-0.3, -0.25) is 4.99 Å². The van der Waals surface area contributed by atoms with Gasteiger partial charge in [0.25, 0.3) is 0 Å². The number of halogens is 1. The van der Waals surface area contributed by atoms with Crippen LogP contribution in [0.2, 0.25) is 0 Å². The van der Waals surface area contributed by atoms with Gasteiger partial charge in [0.05, 0.1) is 22.3 Å². The van der Waals surface area contributed by atoms with E-state index in [9.17, 15) is 4.79 Å². The smallest absolute Gasteiger partial charge is 0.343 e. The van der Waals surface area contributed by atoms with Crippen LogP contribution in [-0.4, -0.2) is 18.8 Å². The van der Waals surface area contributed by atoms with Gasteiger partial charge in [-0.25, -0.2) is 4.79 Å². The summed E-state index contributed by atoms with van der Waals surface area (Å²) in [4.78, 5) is 16.8. The van der Waals surface area contributed by atoms with Crippen LogP contribution in [0.25, 0.3) is 0 Å². The molecule has 0 aromatic heterocycles. The van der Waals surface area contributed by atoms with Gasteiger partial charge in [0.2, 0.25) is 0 Å². The Balaban J connectivity index is 1.49. The Bertz CT molecular complexity index is 1010. The molecule has 0 atom stereocenters. The van der Waals surface area contributed by atoms with E-state index in [2.05, 4.69) is 27.8 Å². The molecule has 5 heteroatoms. The van der Waals surface area contributed by atoms with Gasteiger partial charge in [0.15, 0.2) is 0 Å². The lowest BCUT2D eigenvalue weighted by atomic mass is 10.2. The van der Waals surface area contributed by atoms with Crippen molar-refractivity contribution in [2.24, 2.45) is 4.99 Å². The van der Waals surface area contributed by atoms with E-state index in [1.165, 1.54) is 25.7 Å². The normalized spacial score (nSPS) is 10.9. The van der Waals surface area contributed by atoms with Gasteiger partial charge in [-0.15, -0.1) is 0 Å². The summed E-state index contributed by atoms with van der Waals surface area (Å²) < 4.78 is 12.0. The fraction of sp³-hybridized carbons (Fsp3) is 0.259. The van der Waals surface area contributed by atoms with Crippen molar-refractivity contribution in [2.45, 2.75) is 39.0 Å². The summed E-state index contributed by atoms with van der Waals surface area (Å²) in [5.41, 5.74) is 2.21. The summed E-state index contributed by atoms with van der Waals surface area (Å²) in [5.74, 6) is 0.961. The quantitative estimate of drug-likeness (QED) is 0.118. The fourth-order valence-electron chi connectivity index (χ4n) is 3.06. The molecule has 0 fully saturated rings. The van der Waals surface area contributed by atoms with E-state index in [-0.39, 0.29) is 0 Å². The highest BCUT2D eigenvalue weighted by molar-refractivity contribution is 9.10. The summed E-state index contributed by atoms with van der Waals surface area (Å²) in [7, 11) is 0. The van der Waals surface area contributed by atoms with E-state index < -0.39 is 5.97 Å². The van der Waals surface area contributed by atoms with Crippen molar-refractivity contribution in [3.8, 4) is 11.5 Å². The van der Waals surface area contributed by atoms with Crippen LogP contribution in [0, 0.1) is 0 Å². The zero-order valence-electron chi connectivity index (χ0n) is 18.3. The molecule has 0 saturated heterocycles. The first-order valence-corrected chi connectivity index (χ1v) is 11.8. The molecule has 0 spiro atoms. The number of esters is 1. The van der Waals surface area contributed by atoms with Crippen molar-refractivity contribution >= 4 is 33.8 Å². The van der Waals surface area contributed by atoms with Gasteiger partial charge in [0.1, 0.15) is 11.5 Å². The molecule has 0 unspecified atom stereocenters. The van der Waals surface area contributed by atoms with Crippen molar-refractivity contribution in [2.75, 3.05) is 6.61 Å². The minimum atomic E-state index is -0.409. The molecule has 0 bridgehead atoms. The average molecular weight is 494 g/mol. The first-order valence-electron chi connectivity index (χ1n) is 11.0. The van der Waals surface area contributed by atoms with Gasteiger partial charge in [-0.2, -0.15) is 0 Å². The van der Waals surface area contributed by atoms with E-state index in [1.807, 2.05) is 42.5 Å². The number of carbonyl (C=O) groups is 1. The highest BCUT2D eigenvalue weighted by Crippen LogP contribution is 2.25. The molecule has 3 aromatic carbocycles. The van der Waals surface area contributed by atoms with Gasteiger partial charge < -0.3 is 9.47 Å². The summed E-state index contributed by atoms with van der Waals surface area (Å²) in [6.07, 6.45) is 7.94. The van der Waals surface area contributed by atoms with E-state index >= 15 is 0 Å². The molecule has 3 aromatic rings. The summed E-state index contributed by atoms with van der Waals surface area (Å²) in [5, 5.41) is 0. The monoisotopic (exact) mass is 493 g/mol. The minimum Gasteiger partial charge on any atom is -0.494 e. The lowest BCUT2D eigenvalue weighted by Crippen LogP contribution is -2.08. The topological polar surface area (TPSA) is 47.9 Å². The van der Waals surface area contributed by atoms with Crippen LogP contribution in [0.1, 0.15) is 54.9 Å². The number of hydrogen-bond acceptors (Lipinski definition) is 4. The van der Waals surface area contributed by atoms with Crippen molar-refractivity contribution in [3.63, 3.8) is 0 Å². The van der Waals surface area contributed by atoms with Gasteiger partial charge in [-0.05, 0) is 88.6 Å². The number of rotatable bonds is 11. The lowest BCUT2D eigenvalue weighted by Gasteiger charge is -2.06. The Kier molecular flexibility index (Phi) is 9.51. The third-order valence-electron chi connectivity index (χ3n) is 4.90. The van der Waals surface area contributed by atoms with Crippen molar-refractivity contribution < 1.29 is 14.3 Å². The number of hydrogen-bond donors (Lipinski definition) is 0. The second-order valence-corrected chi connectivity index (χ2v) is 8.31. The van der Waals surface area contributed by atoms with Crippen LogP contribution in [0.4, 0.5) is 5.69 Å². The lowest BCUT2D eigenvalue weighted by molar-refractivity contribution is 0.0733. The number of benzene rings is 3. The number of carbonyl (C=O) groups excluding carboxylic acids is 1. The molecule has 0 aliphatic heterocycles. The first kappa shape index (κ1) is 23.7. The molecule has 4 nitrogen and oxygen atoms in total. The van der Waals surface area contributed by atoms with Gasteiger partial charge in [0, 0.05) is 6.21 Å². The SMILES string of the molecule is CCCCCCCOc1ccc(C=Nc2ccc(C(=O)Oc3ccccc3Br)cc2)cc1. The first-order chi connectivity index (χ1) is 15.7. The Morgan fingerprint density at radius 2 is 1.62 bits per heavy atom. The maximum atomic E-state index is 12.3. The highest BCUT2D eigenvalue weighted by atomic mass is 79.9. The minimum absolute atomic E-state index is 0.409. The van der Waals surface area contributed by atoms with E-state index in [0.717, 1.165) is 34.5 Å². The molecule has 0 amide bonds. The molecule has 0 aliphatic rings. The second-order valence-electron chi connectivity index (χ2n) is 7.46. The number of aliphatic imine (C=N–C) groups is 1. The number of nitrogens with zero attached hydrogens (tertiary/aromatic N) is 1. The zero-order valence-corrected chi connectivity index (χ0v) is 19.9. The molecule has 3 rings (SSSR count). The highest BCUT2D eigenvalue weighted by Gasteiger charge is 2.10. The molecule has 0 radical (unpaired) electrons. The van der Waals surface area contributed by atoms with Crippen molar-refractivity contribution in [3.05, 3.63) is 88.4 Å². The molecule has 166 valence electrons. The molecule has 0 heterocycles. The van der Waals surface area contributed by atoms with Gasteiger partial charge in [-0.1, -0.05) is 44.7 Å². The second kappa shape index (κ2) is 12.8. The summed E-state index contributed by atoms with van der Waals surface area (Å²) in [6.45, 7) is 2.98. The Morgan fingerprint density at radius 1 is 0.906 bits per heavy atom. The maximum absolute atomic E-state index is 12.3. The molecular formula is C27H28BrNO3. The molecule has 32 heavy (non-hydrogen) atoms. The third kappa shape index (κ3) is 7.65. The van der Waals surface area contributed by atoms with E-state index in [1.54, 1.807) is 36.5 Å². The van der Waals surface area contributed by atoms with E-state index in [4.69, 9.17) is 9.47 Å². The maximum Gasteiger partial charge on any atom is 0.343 e. The van der Waals surface area contributed by atoms with Crippen LogP contribution >= 0.6 is 15.9 Å². The van der Waals surface area contributed by atoms with Crippen LogP contribution in [-0.2, 0) is 0 Å². The van der Waals surface area contributed by atoms with Gasteiger partial charge >= 0.3 is 5.97 Å². The van der Waals surface area contributed by atoms with E-state index in [0.29, 0.717) is 11.3 Å². The van der Waals surface area contributed by atoms with Crippen LogP contribution in [0.3, 0.4) is 0 Å². The van der Waals surface area contributed by atoms with Crippen molar-refractivity contribution in [1.29, 1.82) is 0 Å². The molecule has 0 N–H and O–H groups in total. The fourth-order valence-corrected chi connectivity index (χ4v) is 3.43. The molecule has 0 aliphatic carbocycles. The molecule has 0 saturated carbocycles. The summed E-state index contributed by atoms with van der Waals surface area (Å²) >= 11 is 3.38. The number of ether oxygens (including phenoxy) is 2. The average Bonchev–Trinajstić information content (AvgIpc) is 2.82. The van der Waals surface area contributed by atoms with Crippen molar-refractivity contribution in [1.82, 2.24) is 0 Å².